The topological polar surface area (TPSA) is 70.6 Å². The van der Waals surface area contributed by atoms with Crippen LogP contribution in [0.25, 0.3) is 0 Å². The largest absolute Gasteiger partial charge is 0.353 e. The van der Waals surface area contributed by atoms with Crippen LogP contribution in [-0.4, -0.2) is 50.4 Å². The van der Waals surface area contributed by atoms with E-state index in [0.29, 0.717) is 24.3 Å². The first kappa shape index (κ1) is 18.4. The minimum absolute atomic E-state index is 0.0882. The molecule has 1 aromatic heterocycles. The summed E-state index contributed by atoms with van der Waals surface area (Å²) < 4.78 is 23.6. The van der Waals surface area contributed by atoms with Gasteiger partial charge in [-0.3, -0.25) is 4.79 Å². The molecule has 0 N–H and O–H groups in total. The number of benzene rings is 1. The molecule has 138 valence electrons. The molecule has 0 spiro atoms. The summed E-state index contributed by atoms with van der Waals surface area (Å²) in [5, 5.41) is 0. The molecule has 0 saturated carbocycles. The quantitative estimate of drug-likeness (QED) is 0.805. The number of sulfone groups is 1. The number of rotatable bonds is 5. The molecular weight excluding hydrogens is 350 g/mol. The van der Waals surface area contributed by atoms with E-state index in [4.69, 9.17) is 0 Å². The first-order chi connectivity index (χ1) is 12.4. The number of hydrogen-bond acceptors (Lipinski definition) is 5. The second-order valence-corrected chi connectivity index (χ2v) is 8.67. The lowest BCUT2D eigenvalue weighted by molar-refractivity contribution is 0.0993. The Kier molecular flexibility index (Phi) is 5.27. The van der Waals surface area contributed by atoms with Crippen LogP contribution in [0.15, 0.2) is 48.7 Å². The van der Waals surface area contributed by atoms with Gasteiger partial charge in [0.15, 0.2) is 9.84 Å². The molecule has 6 nitrogen and oxygen atoms in total. The standard InChI is InChI=1S/C19H23N3O3S/c1-3-22(17-10-12-26(24,25)14-17)18-13-15(9-11-20-18)19(23)21(2)16-7-5-4-6-8-16/h4-9,11,13,17H,3,10,12,14H2,1-2H3. The predicted octanol–water partition coefficient (Wildman–Crippen LogP) is 2.37. The zero-order valence-electron chi connectivity index (χ0n) is 15.0. The molecule has 1 aliphatic rings. The van der Waals surface area contributed by atoms with Crippen molar-refractivity contribution in [3.63, 3.8) is 0 Å². The van der Waals surface area contributed by atoms with Crippen LogP contribution in [0, 0.1) is 0 Å². The highest BCUT2D eigenvalue weighted by molar-refractivity contribution is 7.91. The molecule has 1 atom stereocenters. The summed E-state index contributed by atoms with van der Waals surface area (Å²) in [7, 11) is -1.24. The van der Waals surface area contributed by atoms with E-state index in [2.05, 4.69) is 4.98 Å². The van der Waals surface area contributed by atoms with Crippen molar-refractivity contribution < 1.29 is 13.2 Å². The number of amides is 1. The van der Waals surface area contributed by atoms with Gasteiger partial charge in [0.25, 0.3) is 5.91 Å². The van der Waals surface area contributed by atoms with Crippen LogP contribution in [0.3, 0.4) is 0 Å². The molecule has 0 radical (unpaired) electrons. The van der Waals surface area contributed by atoms with Crippen LogP contribution in [0.5, 0.6) is 0 Å². The third-order valence-corrected chi connectivity index (χ3v) is 6.48. The minimum atomic E-state index is -2.98. The number of aromatic nitrogens is 1. The predicted molar refractivity (Wildman–Crippen MR) is 103 cm³/mol. The Morgan fingerprint density at radius 2 is 1.96 bits per heavy atom. The second kappa shape index (κ2) is 7.45. The molecule has 0 aliphatic carbocycles. The van der Waals surface area contributed by atoms with Gasteiger partial charge in [-0.1, -0.05) is 18.2 Å². The van der Waals surface area contributed by atoms with Crippen molar-refractivity contribution >= 4 is 27.2 Å². The lowest BCUT2D eigenvalue weighted by atomic mass is 10.1. The average Bonchev–Trinajstić information content (AvgIpc) is 3.01. The fraction of sp³-hybridized carbons (Fsp3) is 0.368. The summed E-state index contributed by atoms with van der Waals surface area (Å²) in [6, 6.07) is 12.8. The van der Waals surface area contributed by atoms with Crippen molar-refractivity contribution in [1.82, 2.24) is 4.98 Å². The molecule has 0 bridgehead atoms. The maximum absolute atomic E-state index is 12.8. The molecule has 3 rings (SSSR count). The third-order valence-electron chi connectivity index (χ3n) is 4.72. The van der Waals surface area contributed by atoms with E-state index >= 15 is 0 Å². The fourth-order valence-corrected chi connectivity index (χ4v) is 5.03. The minimum Gasteiger partial charge on any atom is -0.353 e. The van der Waals surface area contributed by atoms with E-state index in [-0.39, 0.29) is 23.5 Å². The summed E-state index contributed by atoms with van der Waals surface area (Å²) in [6.45, 7) is 2.61. The fourth-order valence-electron chi connectivity index (χ4n) is 3.30. The Morgan fingerprint density at radius 1 is 1.23 bits per heavy atom. The van der Waals surface area contributed by atoms with E-state index in [1.165, 1.54) is 0 Å². The third kappa shape index (κ3) is 3.88. The van der Waals surface area contributed by atoms with Crippen molar-refractivity contribution in [2.75, 3.05) is 34.9 Å². The molecule has 1 amide bonds. The average molecular weight is 373 g/mol. The number of para-hydroxylation sites is 1. The van der Waals surface area contributed by atoms with Crippen LogP contribution in [0.4, 0.5) is 11.5 Å². The molecule has 1 aliphatic heterocycles. The van der Waals surface area contributed by atoms with Gasteiger partial charge in [-0.15, -0.1) is 0 Å². The molecule has 1 aromatic carbocycles. The number of pyridine rings is 1. The van der Waals surface area contributed by atoms with Gasteiger partial charge in [0.2, 0.25) is 0 Å². The molecular formula is C19H23N3O3S. The van der Waals surface area contributed by atoms with Crippen molar-refractivity contribution in [2.24, 2.45) is 0 Å². The van der Waals surface area contributed by atoms with Crippen molar-refractivity contribution in [3.8, 4) is 0 Å². The van der Waals surface area contributed by atoms with Crippen LogP contribution in [0.1, 0.15) is 23.7 Å². The zero-order valence-corrected chi connectivity index (χ0v) is 15.8. The van der Waals surface area contributed by atoms with E-state index in [1.807, 2.05) is 42.2 Å². The molecule has 1 unspecified atom stereocenters. The smallest absolute Gasteiger partial charge is 0.258 e. The van der Waals surface area contributed by atoms with Crippen LogP contribution >= 0.6 is 0 Å². The Balaban J connectivity index is 1.84. The monoisotopic (exact) mass is 373 g/mol. The van der Waals surface area contributed by atoms with Crippen molar-refractivity contribution in [2.45, 2.75) is 19.4 Å². The Morgan fingerprint density at radius 3 is 2.58 bits per heavy atom. The molecule has 1 fully saturated rings. The highest BCUT2D eigenvalue weighted by Crippen LogP contribution is 2.24. The van der Waals surface area contributed by atoms with E-state index in [9.17, 15) is 13.2 Å². The number of carbonyl (C=O) groups excluding carboxylic acids is 1. The van der Waals surface area contributed by atoms with Gasteiger partial charge in [-0.05, 0) is 37.6 Å². The van der Waals surface area contributed by atoms with Gasteiger partial charge in [0.05, 0.1) is 11.5 Å². The Bertz CT molecular complexity index is 884. The number of carbonyl (C=O) groups is 1. The number of nitrogens with zero attached hydrogens (tertiary/aromatic N) is 3. The van der Waals surface area contributed by atoms with E-state index in [0.717, 1.165) is 5.69 Å². The van der Waals surface area contributed by atoms with Crippen LogP contribution < -0.4 is 9.80 Å². The molecule has 2 aromatic rings. The van der Waals surface area contributed by atoms with Crippen molar-refractivity contribution in [3.05, 3.63) is 54.2 Å². The maximum Gasteiger partial charge on any atom is 0.258 e. The Hall–Kier alpha value is -2.41. The first-order valence-corrected chi connectivity index (χ1v) is 10.5. The van der Waals surface area contributed by atoms with Gasteiger partial charge >= 0.3 is 0 Å². The van der Waals surface area contributed by atoms with Crippen molar-refractivity contribution in [1.29, 1.82) is 0 Å². The summed E-state index contributed by atoms with van der Waals surface area (Å²) in [4.78, 5) is 20.8. The summed E-state index contributed by atoms with van der Waals surface area (Å²) in [5.41, 5.74) is 1.34. The summed E-state index contributed by atoms with van der Waals surface area (Å²) in [6.07, 6.45) is 2.20. The lowest BCUT2D eigenvalue weighted by Crippen LogP contribution is -2.37. The zero-order chi connectivity index (χ0) is 18.7. The van der Waals surface area contributed by atoms with Crippen LogP contribution in [-0.2, 0) is 9.84 Å². The van der Waals surface area contributed by atoms with Gasteiger partial charge in [-0.2, -0.15) is 0 Å². The first-order valence-electron chi connectivity index (χ1n) is 8.67. The normalized spacial score (nSPS) is 18.5. The maximum atomic E-state index is 12.8. The second-order valence-electron chi connectivity index (χ2n) is 6.45. The summed E-state index contributed by atoms with van der Waals surface area (Å²) >= 11 is 0. The van der Waals surface area contributed by atoms with E-state index in [1.54, 1.807) is 30.3 Å². The van der Waals surface area contributed by atoms with Crippen LogP contribution in [0.2, 0.25) is 0 Å². The summed E-state index contributed by atoms with van der Waals surface area (Å²) in [5.74, 6) is 0.866. The highest BCUT2D eigenvalue weighted by atomic mass is 32.2. The van der Waals surface area contributed by atoms with Gasteiger partial charge in [0, 0.05) is 37.1 Å². The molecule has 2 heterocycles. The van der Waals surface area contributed by atoms with Gasteiger partial charge in [0.1, 0.15) is 5.82 Å². The van der Waals surface area contributed by atoms with Gasteiger partial charge in [-0.25, -0.2) is 13.4 Å². The Labute approximate surface area is 154 Å². The van der Waals surface area contributed by atoms with E-state index < -0.39 is 9.84 Å². The molecule has 26 heavy (non-hydrogen) atoms. The molecule has 1 saturated heterocycles. The molecule has 7 heteroatoms. The lowest BCUT2D eigenvalue weighted by Gasteiger charge is -2.28. The number of hydrogen-bond donors (Lipinski definition) is 0. The van der Waals surface area contributed by atoms with Gasteiger partial charge < -0.3 is 9.80 Å². The number of anilines is 2. The highest BCUT2D eigenvalue weighted by Gasteiger charge is 2.32. The SMILES string of the molecule is CCN(c1cc(C(=O)N(C)c2ccccc2)ccn1)C1CCS(=O)(=O)C1.